The van der Waals surface area contributed by atoms with Gasteiger partial charge in [0.15, 0.2) is 0 Å². The first-order chi connectivity index (χ1) is 41.2. The van der Waals surface area contributed by atoms with E-state index in [0.29, 0.717) is 53.4 Å². The monoisotopic (exact) mass is 1280 g/mol. The summed E-state index contributed by atoms with van der Waals surface area (Å²) in [6, 6.07) is 12.6. The summed E-state index contributed by atoms with van der Waals surface area (Å²) in [5.41, 5.74) is 2.33. The molecule has 2 saturated heterocycles. The van der Waals surface area contributed by atoms with Crippen molar-refractivity contribution in [3.63, 3.8) is 0 Å². The van der Waals surface area contributed by atoms with E-state index in [4.69, 9.17) is 38.4 Å². The molecule has 3 aliphatic carbocycles. The molecular weight excluding hydrogens is 1190 g/mol. The number of pyridine rings is 2. The maximum absolute atomic E-state index is 14.1. The number of nitrogens with zero attached hydrogens (tertiary/aromatic N) is 4. The van der Waals surface area contributed by atoms with Crippen LogP contribution in [-0.2, 0) is 78.6 Å². The molecule has 88 heavy (non-hydrogen) atoms. The average Bonchev–Trinajstić information content (AvgIpc) is 1.67. The molecule has 4 bridgehead atoms. The zero-order valence-corrected chi connectivity index (χ0v) is 55.8. The van der Waals surface area contributed by atoms with E-state index < -0.39 is 59.4 Å². The Labute approximate surface area is 543 Å². The summed E-state index contributed by atoms with van der Waals surface area (Å²) in [4.78, 5) is 92.2. The summed E-state index contributed by atoms with van der Waals surface area (Å²) in [6.45, 7) is 15.7. The molecular formula is C68H90N6O12V2-2. The average molecular weight is 1290 g/mol. The number of nitrogens with one attached hydrogen (secondary N) is 2. The van der Waals surface area contributed by atoms with Crippen LogP contribution in [0.2, 0.25) is 0 Å². The van der Waals surface area contributed by atoms with E-state index in [0.717, 1.165) is 123 Å². The van der Waals surface area contributed by atoms with Gasteiger partial charge >= 0.3 is 12.2 Å². The fourth-order valence-electron chi connectivity index (χ4n) is 14.6. The van der Waals surface area contributed by atoms with Gasteiger partial charge in [-0.1, -0.05) is 99.6 Å². The third-order valence-corrected chi connectivity index (χ3v) is 19.7. The van der Waals surface area contributed by atoms with Crippen LogP contribution in [0.3, 0.4) is 0 Å². The number of hydrogen-bond acceptors (Lipinski definition) is 14. The summed E-state index contributed by atoms with van der Waals surface area (Å²) < 4.78 is 36.1. The topological polar surface area (TPSA) is 214 Å². The second kappa shape index (κ2) is 29.2. The number of alkyl carbamates (subject to hydrolysis) is 2. The van der Waals surface area contributed by atoms with E-state index in [1.807, 2.05) is 91.8 Å². The third-order valence-electron chi connectivity index (χ3n) is 19.7. The van der Waals surface area contributed by atoms with Crippen LogP contribution in [0.5, 0.6) is 23.3 Å². The van der Waals surface area contributed by atoms with E-state index in [2.05, 4.69) is 35.3 Å². The number of amides is 4. The molecule has 476 valence electrons. The molecule has 7 aliphatic rings. The third kappa shape index (κ3) is 15.3. The van der Waals surface area contributed by atoms with Crippen LogP contribution in [-0.4, -0.2) is 132 Å². The van der Waals surface area contributed by atoms with Crippen molar-refractivity contribution in [1.29, 1.82) is 0 Å². The minimum atomic E-state index is -0.882. The molecule has 5 fully saturated rings. The van der Waals surface area contributed by atoms with Crippen LogP contribution in [0.4, 0.5) is 9.59 Å². The van der Waals surface area contributed by atoms with Crippen molar-refractivity contribution in [2.24, 2.45) is 46.3 Å². The molecule has 2 aromatic heterocycles. The fraction of sp³-hybridized carbons (Fsp3) is 0.647. The van der Waals surface area contributed by atoms with Crippen molar-refractivity contribution >= 4 is 58.4 Å². The number of hydrogen-bond donors (Lipinski definition) is 2. The number of carbonyl (C=O) groups is 4. The Hall–Kier alpha value is -5.55. The molecule has 4 aromatic rings. The van der Waals surface area contributed by atoms with Gasteiger partial charge in [0, 0.05) is 71.1 Å². The smallest absolute Gasteiger partial charge is 0.408 e. The minimum absolute atomic E-state index is 0. The van der Waals surface area contributed by atoms with Gasteiger partial charge in [0.1, 0.15) is 48.0 Å². The number of rotatable bonds is 5. The van der Waals surface area contributed by atoms with Crippen molar-refractivity contribution in [2.45, 2.75) is 207 Å². The Kier molecular flexibility index (Phi) is 22.7. The van der Waals surface area contributed by atoms with Gasteiger partial charge in [0.25, 0.3) is 0 Å². The molecule has 2 unspecified atom stereocenters. The number of fused-ring (bicyclic) bond motifs is 12. The van der Waals surface area contributed by atoms with Gasteiger partial charge in [-0.05, 0) is 153 Å². The molecule has 0 spiro atoms. The molecule has 2 aromatic carbocycles. The molecule has 2 radical (unpaired) electrons. The van der Waals surface area contributed by atoms with Gasteiger partial charge in [0.2, 0.25) is 23.6 Å². The summed E-state index contributed by atoms with van der Waals surface area (Å²) in [5, 5.41) is 7.80. The molecule has 18 nitrogen and oxygen atoms in total. The molecule has 2 N–H and O–H groups in total. The number of carbonyl (C=O) groups excluding carboxylic acids is 6. The summed E-state index contributed by atoms with van der Waals surface area (Å²) >= 11 is 0. The Morgan fingerprint density at radius 3 is 1.59 bits per heavy atom. The number of ether oxygens (including phenoxy) is 6. The molecule has 6 heterocycles. The fourth-order valence-corrected chi connectivity index (χ4v) is 14.6. The van der Waals surface area contributed by atoms with Gasteiger partial charge in [-0.2, -0.15) is 0 Å². The van der Waals surface area contributed by atoms with E-state index in [1.165, 1.54) is 16.2 Å². The van der Waals surface area contributed by atoms with Gasteiger partial charge in [-0.15, -0.1) is 0 Å². The van der Waals surface area contributed by atoms with Gasteiger partial charge < -0.3 is 58.4 Å². The van der Waals surface area contributed by atoms with E-state index >= 15 is 0 Å². The second-order valence-electron chi connectivity index (χ2n) is 27.6. The second-order valence-corrected chi connectivity index (χ2v) is 27.6. The first-order valence-electron chi connectivity index (χ1n) is 31.8. The summed E-state index contributed by atoms with van der Waals surface area (Å²) in [7, 11) is 3.26. The molecule has 4 aliphatic heterocycles. The van der Waals surface area contributed by atoms with Crippen molar-refractivity contribution < 1.29 is 94.3 Å². The molecule has 3 saturated carbocycles. The van der Waals surface area contributed by atoms with Crippen LogP contribution < -0.4 is 29.6 Å². The van der Waals surface area contributed by atoms with Crippen LogP contribution in [0.1, 0.15) is 156 Å². The normalized spacial score (nSPS) is 30.4. The number of aryl methyl sites for hydroxylation is 2. The summed E-state index contributed by atoms with van der Waals surface area (Å²) in [6.07, 6.45) is 17.4. The molecule has 4 amide bonds. The summed E-state index contributed by atoms with van der Waals surface area (Å²) in [5.74, 6) is 3.20. The number of methoxy groups -OCH3 is 2. The van der Waals surface area contributed by atoms with Gasteiger partial charge in [0.05, 0.1) is 38.3 Å². The Morgan fingerprint density at radius 1 is 0.568 bits per heavy atom. The van der Waals surface area contributed by atoms with E-state index in [-0.39, 0.29) is 86.1 Å². The molecule has 14 atom stereocenters. The van der Waals surface area contributed by atoms with E-state index in [9.17, 15) is 28.8 Å². The number of benzene rings is 2. The zero-order valence-electron chi connectivity index (χ0n) is 53.0. The standard InChI is InChI=1S/C34H44N3O6.C34H46N3O6.2V/c1-19-27(18-38)37-17-29(19)42-31-21(13-20-11-12-23(41-5)16-26(20)35-31)9-7-6-8-10-24-25-14-22(25)15-28(24)43-33(40)36-30(32(37)39)34(2,3)4;1-6-25-27(20-38)37-19-29(25)42-31-23(17-22-15-16-24(41-5)18-26(22)35-31)12-9-7-8-11-21-13-10-14-28(21)43-33(40)36-30(32(37)39)34(2,3)4;;/h11-13,16,19,22,24-25,27-30H,6-10,14-15,17H2,1-5H3,(H,36,40);15-18,21,25,27-30H,6-14,19H2,1-5H3,(H,36,40);;/q2*-1;;/t19-,22?,24+,25?,27+,28+,29-,30+;21-,25+,27-,28-,29+,30-;;/m01../s1. The van der Waals surface area contributed by atoms with Crippen LogP contribution >= 0.6 is 0 Å². The Morgan fingerprint density at radius 2 is 1.07 bits per heavy atom. The van der Waals surface area contributed by atoms with Gasteiger partial charge in [-0.3, -0.25) is 9.59 Å². The van der Waals surface area contributed by atoms with Crippen molar-refractivity contribution in [3.8, 4) is 23.3 Å². The quantitative estimate of drug-likeness (QED) is 0.178. The van der Waals surface area contributed by atoms with Crippen LogP contribution in [0.25, 0.3) is 21.8 Å². The first-order valence-corrected chi connectivity index (χ1v) is 31.8. The van der Waals surface area contributed by atoms with Gasteiger partial charge in [-0.25, -0.2) is 32.1 Å². The number of aromatic nitrogens is 2. The minimum Gasteiger partial charge on any atom is -0.540 e. The predicted octanol–water partition coefficient (Wildman–Crippen LogP) is 11.0. The van der Waals surface area contributed by atoms with Crippen LogP contribution in [0, 0.1) is 46.3 Å². The van der Waals surface area contributed by atoms with Crippen molar-refractivity contribution in [3.05, 3.63) is 59.7 Å². The first kappa shape index (κ1) is 68.4. The van der Waals surface area contributed by atoms with E-state index in [1.54, 1.807) is 14.2 Å². The van der Waals surface area contributed by atoms with Crippen molar-refractivity contribution in [1.82, 2.24) is 30.4 Å². The Balaban J connectivity index is 0.000000223. The molecule has 11 rings (SSSR count). The zero-order chi connectivity index (χ0) is 61.2. The molecule has 20 heteroatoms. The maximum Gasteiger partial charge on any atom is 0.408 e. The van der Waals surface area contributed by atoms with Crippen LogP contribution in [0.15, 0.2) is 48.5 Å². The maximum atomic E-state index is 14.1. The largest absolute Gasteiger partial charge is 0.540 e. The van der Waals surface area contributed by atoms with Crippen molar-refractivity contribution in [2.75, 3.05) is 27.3 Å². The SMILES string of the molecule is CC[C@@H]1[C@@H]2CN(C(=O)[C@H](C(C)(C)C)NC(=O)O[C@@H]3CCC[C@H]3CCCCCc3cc4ccc(OC)cc4nc3O2)[C@@H]1[C-]=O.COc1ccc2cc3c(nc2c1)O[C@H]1CN(C(=O)[C@H](C(C)(C)C)NC(=O)O[C@@H]2CC4CC4[C@H]2CCCCC3)[C@H]([C-]=O)[C@@H]1C.[V].[V]. The Bertz CT molecular complexity index is 3140. The predicted molar refractivity (Wildman–Crippen MR) is 325 cm³/mol.